The summed E-state index contributed by atoms with van der Waals surface area (Å²) in [7, 11) is 1.38. The summed E-state index contributed by atoms with van der Waals surface area (Å²) in [6, 6.07) is 5.62. The van der Waals surface area contributed by atoms with Crippen molar-refractivity contribution in [3.8, 4) is 11.5 Å². The predicted molar refractivity (Wildman–Crippen MR) is 72.7 cm³/mol. The molecule has 0 amide bonds. The quantitative estimate of drug-likeness (QED) is 0.719. The monoisotopic (exact) mass is 280 g/mol. The molecule has 1 aliphatic rings. The maximum atomic E-state index is 11.6. The first-order chi connectivity index (χ1) is 9.74. The molecule has 1 unspecified atom stereocenters. The third kappa shape index (κ3) is 3.63. The minimum Gasteiger partial charge on any atom is -0.467 e. The first-order valence-corrected chi connectivity index (χ1v) is 6.82. The fourth-order valence-electron chi connectivity index (χ4n) is 2.02. The third-order valence-electron chi connectivity index (χ3n) is 3.17. The zero-order chi connectivity index (χ0) is 14.4. The summed E-state index contributed by atoms with van der Waals surface area (Å²) in [6.07, 6.45) is 2.11. The lowest BCUT2D eigenvalue weighted by Crippen LogP contribution is -2.25. The molecule has 0 aliphatic carbocycles. The number of unbranched alkanes of at least 4 members (excludes halogenated alkanes) is 1. The van der Waals surface area contributed by atoms with E-state index in [-0.39, 0.29) is 12.8 Å². The Hall–Kier alpha value is -1.75. The number of benzene rings is 1. The van der Waals surface area contributed by atoms with Crippen molar-refractivity contribution in [2.75, 3.05) is 13.9 Å². The van der Waals surface area contributed by atoms with Gasteiger partial charge in [0.25, 0.3) is 0 Å². The number of esters is 1. The molecule has 5 heteroatoms. The van der Waals surface area contributed by atoms with Gasteiger partial charge in [-0.3, -0.25) is 0 Å². The lowest BCUT2D eigenvalue weighted by Gasteiger charge is -2.15. The predicted octanol–water partition coefficient (Wildman–Crippen LogP) is 2.66. The van der Waals surface area contributed by atoms with Crippen molar-refractivity contribution in [2.45, 2.75) is 38.9 Å². The van der Waals surface area contributed by atoms with Crippen LogP contribution in [0.3, 0.4) is 0 Å². The largest absolute Gasteiger partial charge is 0.467 e. The number of carbonyl (C=O) groups is 1. The van der Waals surface area contributed by atoms with Crippen molar-refractivity contribution in [1.82, 2.24) is 0 Å². The lowest BCUT2D eigenvalue weighted by atomic mass is 10.1. The molecule has 0 bridgehead atoms. The molecular weight excluding hydrogens is 260 g/mol. The van der Waals surface area contributed by atoms with Gasteiger partial charge in [0.15, 0.2) is 17.6 Å². The van der Waals surface area contributed by atoms with Gasteiger partial charge >= 0.3 is 5.97 Å². The summed E-state index contributed by atoms with van der Waals surface area (Å²) in [5.41, 5.74) is 0.944. The summed E-state index contributed by atoms with van der Waals surface area (Å²) in [4.78, 5) is 11.6. The fourth-order valence-corrected chi connectivity index (χ4v) is 2.02. The Kier molecular flexibility index (Phi) is 5.24. The van der Waals surface area contributed by atoms with Crippen molar-refractivity contribution in [2.24, 2.45) is 0 Å². The Morgan fingerprint density at radius 2 is 2.15 bits per heavy atom. The summed E-state index contributed by atoms with van der Waals surface area (Å²) >= 11 is 0. The fraction of sp³-hybridized carbons (Fsp3) is 0.533. The first-order valence-electron chi connectivity index (χ1n) is 6.82. The van der Waals surface area contributed by atoms with Crippen LogP contribution < -0.4 is 9.47 Å². The molecule has 0 spiro atoms. The maximum Gasteiger partial charge on any atom is 0.334 e. The van der Waals surface area contributed by atoms with Crippen molar-refractivity contribution < 1.29 is 23.7 Å². The van der Waals surface area contributed by atoms with E-state index in [4.69, 9.17) is 18.9 Å². The number of ether oxygens (including phenoxy) is 4. The molecule has 110 valence electrons. The van der Waals surface area contributed by atoms with E-state index in [9.17, 15) is 4.79 Å². The van der Waals surface area contributed by atoms with Gasteiger partial charge in [0, 0.05) is 0 Å². The van der Waals surface area contributed by atoms with Gasteiger partial charge in [0.05, 0.1) is 13.7 Å². The average molecular weight is 280 g/mol. The molecule has 2 rings (SSSR count). The molecule has 1 aromatic carbocycles. The van der Waals surface area contributed by atoms with E-state index in [0.717, 1.165) is 24.2 Å². The molecule has 0 saturated heterocycles. The molecule has 0 radical (unpaired) electrons. The van der Waals surface area contributed by atoms with Crippen molar-refractivity contribution in [1.29, 1.82) is 0 Å². The van der Waals surface area contributed by atoms with E-state index in [1.165, 1.54) is 7.11 Å². The first kappa shape index (κ1) is 14.7. The van der Waals surface area contributed by atoms with Gasteiger partial charge in [0.2, 0.25) is 6.79 Å². The van der Waals surface area contributed by atoms with Gasteiger partial charge in [0.1, 0.15) is 0 Å². The Bertz CT molecular complexity index is 458. The number of hydrogen-bond acceptors (Lipinski definition) is 5. The van der Waals surface area contributed by atoms with Gasteiger partial charge in [-0.05, 0) is 24.1 Å². The van der Waals surface area contributed by atoms with Crippen LogP contribution in [-0.2, 0) is 20.9 Å². The van der Waals surface area contributed by atoms with E-state index >= 15 is 0 Å². The van der Waals surface area contributed by atoms with E-state index in [1.54, 1.807) is 0 Å². The smallest absolute Gasteiger partial charge is 0.334 e. The number of methoxy groups -OCH3 is 1. The highest BCUT2D eigenvalue weighted by molar-refractivity contribution is 5.74. The Labute approximate surface area is 118 Å². The van der Waals surface area contributed by atoms with Crippen LogP contribution >= 0.6 is 0 Å². The summed E-state index contributed by atoms with van der Waals surface area (Å²) in [6.45, 7) is 2.67. The van der Waals surface area contributed by atoms with Crippen LogP contribution in [0.15, 0.2) is 18.2 Å². The van der Waals surface area contributed by atoms with E-state index in [1.807, 2.05) is 18.2 Å². The maximum absolute atomic E-state index is 11.6. The van der Waals surface area contributed by atoms with Gasteiger partial charge in [-0.25, -0.2) is 4.79 Å². The molecule has 0 N–H and O–H groups in total. The van der Waals surface area contributed by atoms with Gasteiger partial charge in [-0.2, -0.15) is 0 Å². The summed E-state index contributed by atoms with van der Waals surface area (Å²) in [5, 5.41) is 0. The molecule has 20 heavy (non-hydrogen) atoms. The minimum atomic E-state index is -0.509. The SMILES string of the molecule is CCCCC(OCc1ccc2c(c1)OCO2)C(=O)OC. The molecule has 1 aliphatic heterocycles. The molecule has 0 aromatic heterocycles. The molecule has 0 saturated carbocycles. The standard InChI is InChI=1S/C15H20O5/c1-3-4-5-13(15(16)17-2)18-9-11-6-7-12-14(8-11)20-10-19-12/h6-8,13H,3-5,9-10H2,1-2H3. The summed E-state index contributed by atoms with van der Waals surface area (Å²) in [5.74, 6) is 1.14. The van der Waals surface area contributed by atoms with Crippen LogP contribution in [0.2, 0.25) is 0 Å². The van der Waals surface area contributed by atoms with Gasteiger partial charge < -0.3 is 18.9 Å². The number of rotatable bonds is 7. The van der Waals surface area contributed by atoms with Crippen LogP contribution in [0.25, 0.3) is 0 Å². The van der Waals surface area contributed by atoms with E-state index < -0.39 is 6.10 Å². The number of fused-ring (bicyclic) bond motifs is 1. The van der Waals surface area contributed by atoms with E-state index in [0.29, 0.717) is 18.8 Å². The van der Waals surface area contributed by atoms with Crippen molar-refractivity contribution >= 4 is 5.97 Å². The Balaban J connectivity index is 1.92. The number of carbonyl (C=O) groups excluding carboxylic acids is 1. The second kappa shape index (κ2) is 7.14. The van der Waals surface area contributed by atoms with E-state index in [2.05, 4.69) is 6.92 Å². The number of hydrogen-bond donors (Lipinski definition) is 0. The normalized spacial score (nSPS) is 14.1. The van der Waals surface area contributed by atoms with Gasteiger partial charge in [-0.15, -0.1) is 0 Å². The molecule has 0 fully saturated rings. The molecular formula is C15H20O5. The van der Waals surface area contributed by atoms with Crippen LogP contribution in [0.4, 0.5) is 0 Å². The van der Waals surface area contributed by atoms with Crippen molar-refractivity contribution in [3.63, 3.8) is 0 Å². The Morgan fingerprint density at radius 1 is 1.35 bits per heavy atom. The Morgan fingerprint density at radius 3 is 2.90 bits per heavy atom. The lowest BCUT2D eigenvalue weighted by molar-refractivity contribution is -0.155. The molecule has 1 atom stereocenters. The molecule has 1 heterocycles. The topological polar surface area (TPSA) is 54.0 Å². The second-order valence-corrected chi connectivity index (χ2v) is 4.65. The third-order valence-corrected chi connectivity index (χ3v) is 3.17. The van der Waals surface area contributed by atoms with Crippen LogP contribution in [0, 0.1) is 0 Å². The van der Waals surface area contributed by atoms with Crippen molar-refractivity contribution in [3.05, 3.63) is 23.8 Å². The van der Waals surface area contributed by atoms with Gasteiger partial charge in [-0.1, -0.05) is 25.8 Å². The van der Waals surface area contributed by atoms with Crippen LogP contribution in [0.5, 0.6) is 11.5 Å². The second-order valence-electron chi connectivity index (χ2n) is 4.65. The highest BCUT2D eigenvalue weighted by Gasteiger charge is 2.20. The zero-order valence-electron chi connectivity index (χ0n) is 11.9. The minimum absolute atomic E-state index is 0.251. The van der Waals surface area contributed by atoms with Crippen LogP contribution in [-0.4, -0.2) is 26.0 Å². The highest BCUT2D eigenvalue weighted by Crippen LogP contribution is 2.32. The molecule has 5 nitrogen and oxygen atoms in total. The van der Waals surface area contributed by atoms with Crippen LogP contribution in [0.1, 0.15) is 31.7 Å². The summed E-state index contributed by atoms with van der Waals surface area (Å²) < 4.78 is 21.0. The average Bonchev–Trinajstić information content (AvgIpc) is 2.94. The zero-order valence-corrected chi connectivity index (χ0v) is 11.9. The molecule has 1 aromatic rings. The highest BCUT2D eigenvalue weighted by atomic mass is 16.7.